The van der Waals surface area contributed by atoms with Crippen molar-refractivity contribution in [3.63, 3.8) is 0 Å². The van der Waals surface area contributed by atoms with Crippen molar-refractivity contribution >= 4 is 45.0 Å². The highest BCUT2D eigenvalue weighted by atomic mass is 35.5. The molecule has 0 aliphatic carbocycles. The molecule has 2 aliphatic rings. The predicted octanol–water partition coefficient (Wildman–Crippen LogP) is 4.25. The smallest absolute Gasteiger partial charge is 0.318 e. The molecule has 1 spiro atoms. The largest absolute Gasteiger partial charge is 0.467 e. The van der Waals surface area contributed by atoms with Crippen molar-refractivity contribution < 1.29 is 18.7 Å². The summed E-state index contributed by atoms with van der Waals surface area (Å²) >= 11 is 6.50. The number of halogens is 2. The lowest BCUT2D eigenvalue weighted by atomic mass is 9.91. The lowest BCUT2D eigenvalue weighted by Gasteiger charge is -2.55. The first kappa shape index (κ1) is 23.6. The maximum absolute atomic E-state index is 16.2. The molecule has 2 fully saturated rings. The number of fused-ring (bicyclic) bond motifs is 2. The number of aromatic nitrogens is 3. The van der Waals surface area contributed by atoms with Gasteiger partial charge in [-0.25, -0.2) is 4.39 Å². The zero-order valence-electron chi connectivity index (χ0n) is 20.1. The monoisotopic (exact) mass is 519 g/mol. The van der Waals surface area contributed by atoms with E-state index in [1.807, 2.05) is 29.2 Å². The molecule has 188 valence electrons. The lowest BCUT2D eigenvalue weighted by molar-refractivity contribution is -0.164. The summed E-state index contributed by atoms with van der Waals surface area (Å²) in [6.07, 6.45) is 2.91. The molecule has 0 atom stereocenters. The van der Waals surface area contributed by atoms with E-state index in [-0.39, 0.29) is 23.1 Å². The molecular formula is C27H23ClFN5O3. The summed E-state index contributed by atoms with van der Waals surface area (Å²) in [6.45, 7) is 5.83. The molecule has 2 aliphatic heterocycles. The fraction of sp³-hybridized carbons (Fsp3) is 0.259. The van der Waals surface area contributed by atoms with E-state index in [2.05, 4.69) is 21.5 Å². The molecule has 6 rings (SSSR count). The second kappa shape index (κ2) is 8.93. The number of nitrogens with zero attached hydrogens (tertiary/aromatic N) is 5. The number of amides is 1. The number of piperazine rings is 1. The first-order valence-corrected chi connectivity index (χ1v) is 12.2. The second-order valence-corrected chi connectivity index (χ2v) is 9.60. The highest BCUT2D eigenvalue weighted by molar-refractivity contribution is 6.36. The maximum Gasteiger partial charge on any atom is 0.318 e. The third-order valence-electron chi connectivity index (χ3n) is 7.07. The fourth-order valence-corrected chi connectivity index (χ4v) is 5.52. The van der Waals surface area contributed by atoms with Gasteiger partial charge in [0.15, 0.2) is 5.82 Å². The quantitative estimate of drug-likeness (QED) is 0.373. The number of methoxy groups -OCH3 is 1. The van der Waals surface area contributed by atoms with E-state index in [1.54, 1.807) is 23.2 Å². The Morgan fingerprint density at radius 1 is 1.22 bits per heavy atom. The van der Waals surface area contributed by atoms with Gasteiger partial charge < -0.3 is 19.3 Å². The number of benzene rings is 2. The van der Waals surface area contributed by atoms with Crippen molar-refractivity contribution in [3.8, 4) is 17.3 Å². The Balaban J connectivity index is 1.48. The fourth-order valence-electron chi connectivity index (χ4n) is 5.23. The molecule has 0 N–H and O–H groups in total. The van der Waals surface area contributed by atoms with Gasteiger partial charge >= 0.3 is 6.01 Å². The van der Waals surface area contributed by atoms with Gasteiger partial charge in [0.1, 0.15) is 22.6 Å². The zero-order chi connectivity index (χ0) is 25.7. The van der Waals surface area contributed by atoms with Crippen LogP contribution in [-0.2, 0) is 9.53 Å². The van der Waals surface area contributed by atoms with E-state index in [0.29, 0.717) is 60.0 Å². The van der Waals surface area contributed by atoms with Gasteiger partial charge in [-0.2, -0.15) is 9.97 Å². The Kier molecular flexibility index (Phi) is 5.69. The Bertz CT molecular complexity index is 1570. The summed E-state index contributed by atoms with van der Waals surface area (Å²) in [5.41, 5.74) is 0.311. The standard InChI is InChI=1S/C27H23ClFN5O3/c1-3-20(35)34-11-10-33(13-27(34)14-37-15-27)25-18-12-30-23(22(29)24(18)31-26(32-25)36-2)17-8-4-6-16-7-5-9-19(28)21(16)17/h3-9,12H,1,10-11,13-15H2,2H3. The van der Waals surface area contributed by atoms with Crippen LogP contribution in [0.5, 0.6) is 6.01 Å². The number of rotatable bonds is 4. The average Bonchev–Trinajstić information content (AvgIpc) is 2.91. The van der Waals surface area contributed by atoms with E-state index in [9.17, 15) is 4.79 Å². The van der Waals surface area contributed by atoms with Gasteiger partial charge in [-0.3, -0.25) is 9.78 Å². The second-order valence-electron chi connectivity index (χ2n) is 9.19. The Morgan fingerprint density at radius 3 is 2.70 bits per heavy atom. The van der Waals surface area contributed by atoms with Crippen LogP contribution in [0.2, 0.25) is 5.02 Å². The molecule has 0 radical (unpaired) electrons. The van der Waals surface area contributed by atoms with Crippen LogP contribution >= 0.6 is 11.6 Å². The molecular weight excluding hydrogens is 497 g/mol. The zero-order valence-corrected chi connectivity index (χ0v) is 20.8. The molecule has 37 heavy (non-hydrogen) atoms. The summed E-state index contributed by atoms with van der Waals surface area (Å²) in [7, 11) is 1.44. The van der Waals surface area contributed by atoms with Crippen molar-refractivity contribution in [3.05, 3.63) is 66.1 Å². The molecule has 0 bridgehead atoms. The van der Waals surface area contributed by atoms with E-state index in [1.165, 1.54) is 13.2 Å². The van der Waals surface area contributed by atoms with Crippen molar-refractivity contribution in [2.75, 3.05) is 44.9 Å². The topological polar surface area (TPSA) is 80.7 Å². The number of carbonyl (C=O) groups is 1. The minimum Gasteiger partial charge on any atom is -0.467 e. The van der Waals surface area contributed by atoms with Gasteiger partial charge in [0.2, 0.25) is 5.91 Å². The Labute approximate surface area is 217 Å². The average molecular weight is 520 g/mol. The molecule has 4 aromatic rings. The minimum atomic E-state index is -0.589. The summed E-state index contributed by atoms with van der Waals surface area (Å²) in [6, 6.07) is 11.1. The molecule has 1 amide bonds. The van der Waals surface area contributed by atoms with Crippen molar-refractivity contribution in [1.82, 2.24) is 19.9 Å². The van der Waals surface area contributed by atoms with Crippen LogP contribution in [-0.4, -0.2) is 71.3 Å². The van der Waals surface area contributed by atoms with Crippen LogP contribution < -0.4 is 9.64 Å². The highest BCUT2D eigenvalue weighted by Gasteiger charge is 2.50. The first-order valence-electron chi connectivity index (χ1n) is 11.8. The van der Waals surface area contributed by atoms with Gasteiger partial charge in [0.05, 0.1) is 25.7 Å². The van der Waals surface area contributed by atoms with Crippen LogP contribution in [0.3, 0.4) is 0 Å². The van der Waals surface area contributed by atoms with Crippen LogP contribution in [0.15, 0.2) is 55.3 Å². The number of ether oxygens (including phenoxy) is 2. The molecule has 0 unspecified atom stereocenters. The van der Waals surface area contributed by atoms with Gasteiger partial charge in [-0.05, 0) is 17.5 Å². The van der Waals surface area contributed by atoms with Crippen molar-refractivity contribution in [2.24, 2.45) is 0 Å². The number of pyridine rings is 1. The number of hydrogen-bond acceptors (Lipinski definition) is 7. The minimum absolute atomic E-state index is 0.0398. The SMILES string of the molecule is C=CC(=O)N1CCN(c2nc(OC)nc3c(F)c(-c4cccc5cccc(Cl)c45)ncc23)CC12COC2. The van der Waals surface area contributed by atoms with Crippen LogP contribution in [0, 0.1) is 5.82 Å². The molecule has 2 aromatic heterocycles. The third-order valence-corrected chi connectivity index (χ3v) is 7.38. The predicted molar refractivity (Wildman–Crippen MR) is 139 cm³/mol. The molecule has 8 nitrogen and oxygen atoms in total. The van der Waals surface area contributed by atoms with E-state index in [4.69, 9.17) is 21.1 Å². The third kappa shape index (κ3) is 3.69. The van der Waals surface area contributed by atoms with E-state index in [0.717, 1.165) is 5.39 Å². The molecule has 0 saturated carbocycles. The van der Waals surface area contributed by atoms with Crippen LogP contribution in [0.25, 0.3) is 32.9 Å². The van der Waals surface area contributed by atoms with Gasteiger partial charge in [0, 0.05) is 41.8 Å². The lowest BCUT2D eigenvalue weighted by Crippen LogP contribution is -2.72. The summed E-state index contributed by atoms with van der Waals surface area (Å²) in [4.78, 5) is 29.7. The van der Waals surface area contributed by atoms with Gasteiger partial charge in [0.25, 0.3) is 0 Å². The van der Waals surface area contributed by atoms with E-state index < -0.39 is 11.4 Å². The molecule has 2 aromatic carbocycles. The van der Waals surface area contributed by atoms with Gasteiger partial charge in [-0.1, -0.05) is 48.5 Å². The normalized spacial score (nSPS) is 16.7. The van der Waals surface area contributed by atoms with Crippen LogP contribution in [0.1, 0.15) is 0 Å². The van der Waals surface area contributed by atoms with Crippen molar-refractivity contribution in [2.45, 2.75) is 5.54 Å². The Hall–Kier alpha value is -3.82. The number of carbonyl (C=O) groups excluding carboxylic acids is 1. The molecule has 2 saturated heterocycles. The van der Waals surface area contributed by atoms with Crippen LogP contribution in [0.4, 0.5) is 10.2 Å². The number of anilines is 1. The first-order chi connectivity index (χ1) is 18.0. The number of hydrogen-bond donors (Lipinski definition) is 0. The maximum atomic E-state index is 16.2. The summed E-state index contributed by atoms with van der Waals surface area (Å²) < 4.78 is 27.0. The van der Waals surface area contributed by atoms with Crippen molar-refractivity contribution in [1.29, 1.82) is 0 Å². The summed E-state index contributed by atoms with van der Waals surface area (Å²) in [5, 5.41) is 2.56. The molecule has 4 heterocycles. The Morgan fingerprint density at radius 2 is 2.00 bits per heavy atom. The van der Waals surface area contributed by atoms with Gasteiger partial charge in [-0.15, -0.1) is 0 Å². The molecule has 10 heteroatoms. The summed E-state index contributed by atoms with van der Waals surface area (Å²) in [5.74, 6) is -0.235. The van der Waals surface area contributed by atoms with E-state index >= 15 is 4.39 Å². The highest BCUT2D eigenvalue weighted by Crippen LogP contribution is 2.39.